The van der Waals surface area contributed by atoms with Crippen molar-refractivity contribution in [2.24, 2.45) is 10.8 Å². The molecule has 54 valence electrons. The van der Waals surface area contributed by atoms with Gasteiger partial charge >= 0.3 is 0 Å². The minimum Gasteiger partial charge on any atom is -0.0763 e. The zero-order valence-corrected chi connectivity index (χ0v) is 7.57. The van der Waals surface area contributed by atoms with Crippen LogP contribution >= 0.6 is 0 Å². The van der Waals surface area contributed by atoms with E-state index in [-0.39, 0.29) is 0 Å². The van der Waals surface area contributed by atoms with Crippen LogP contribution in [0.25, 0.3) is 0 Å². The summed E-state index contributed by atoms with van der Waals surface area (Å²) < 4.78 is 0. The number of rotatable bonds is 0. The summed E-state index contributed by atoms with van der Waals surface area (Å²) in [6.45, 7) is 9.71. The fourth-order valence-electron chi connectivity index (χ4n) is 1.94. The third-order valence-corrected chi connectivity index (χ3v) is 3.38. The van der Waals surface area contributed by atoms with Crippen LogP contribution in [0.3, 0.4) is 0 Å². The highest BCUT2D eigenvalue weighted by atomic mass is 14.4. The summed E-state index contributed by atoms with van der Waals surface area (Å²) in [5.41, 5.74) is 0.874. The lowest BCUT2D eigenvalue weighted by Crippen LogP contribution is -2.24. The van der Waals surface area contributed by atoms with Gasteiger partial charge in [0.05, 0.1) is 6.60 Å². The molecular weight excluding hydrogens is 118 g/mol. The molecule has 10 heavy (non-hydrogen) atoms. The lowest BCUT2D eigenvalue weighted by Gasteiger charge is -2.35. The van der Waals surface area contributed by atoms with Crippen molar-refractivity contribution < 1.29 is 0 Å². The molecule has 0 aromatic heterocycles. The van der Waals surface area contributed by atoms with Crippen LogP contribution in [0.1, 0.15) is 27.7 Å². The van der Waals surface area contributed by atoms with Crippen molar-refractivity contribution in [3.8, 4) is 0 Å². The van der Waals surface area contributed by atoms with Crippen LogP contribution in [-0.2, 0) is 0 Å². The van der Waals surface area contributed by atoms with Crippen LogP contribution in [0.5, 0.6) is 0 Å². The first-order chi connectivity index (χ1) is 4.35. The van der Waals surface area contributed by atoms with Gasteiger partial charge in [-0.15, -0.1) is 0 Å². The molecule has 0 amide bonds. The number of hydrogen-bond acceptors (Lipinski definition) is 0. The first-order valence-corrected chi connectivity index (χ1v) is 4.11. The molecule has 0 bridgehead atoms. The molecule has 2 radical (unpaired) electrons. The average Bonchev–Trinajstić information content (AvgIpc) is 1.73. The predicted molar refractivity (Wildman–Crippen MR) is 48.7 cm³/mol. The molecule has 1 aliphatic rings. The molecule has 0 saturated carbocycles. The molecule has 0 nitrogen and oxygen atoms in total. The highest BCUT2D eigenvalue weighted by Crippen LogP contribution is 2.51. The maximum Gasteiger partial charge on any atom is 0.0919 e. The molecule has 0 atom stereocenters. The van der Waals surface area contributed by atoms with E-state index in [1.165, 1.54) is 12.6 Å². The Morgan fingerprint density at radius 1 is 1.00 bits per heavy atom. The lowest BCUT2D eigenvalue weighted by molar-refractivity contribution is 0.177. The van der Waals surface area contributed by atoms with Gasteiger partial charge in [0.25, 0.3) is 0 Å². The Bertz CT molecular complexity index is 122. The van der Waals surface area contributed by atoms with E-state index in [1.807, 2.05) is 0 Å². The molecule has 1 heterocycles. The number of hydrogen-bond donors (Lipinski definition) is 0. The van der Waals surface area contributed by atoms with Gasteiger partial charge in [-0.1, -0.05) is 40.3 Å². The third kappa shape index (κ3) is 1.13. The standard InChI is InChI=1S/C8H16B2/c1-7(2)5-10(9)6-8(7,3)4/h5-6H2,1-4H3. The van der Waals surface area contributed by atoms with Gasteiger partial charge in [-0.3, -0.25) is 0 Å². The van der Waals surface area contributed by atoms with Gasteiger partial charge in [0, 0.05) is 7.74 Å². The molecule has 0 aromatic rings. The SMILES string of the molecule is [B]B1CC(C)(C)C(C)(C)C1. The van der Waals surface area contributed by atoms with Crippen LogP contribution < -0.4 is 0 Å². The van der Waals surface area contributed by atoms with Gasteiger partial charge < -0.3 is 0 Å². The molecule has 1 rings (SSSR count). The molecular formula is C8H16B2. The van der Waals surface area contributed by atoms with E-state index >= 15 is 0 Å². The summed E-state index contributed by atoms with van der Waals surface area (Å²) in [6, 6.07) is 0. The first-order valence-electron chi connectivity index (χ1n) is 4.11. The maximum absolute atomic E-state index is 5.89. The monoisotopic (exact) mass is 134 g/mol. The third-order valence-electron chi connectivity index (χ3n) is 3.38. The van der Waals surface area contributed by atoms with E-state index in [0.717, 1.165) is 0 Å². The normalized spacial score (nSPS) is 29.0. The topological polar surface area (TPSA) is 0 Å². The highest BCUT2D eigenvalue weighted by Gasteiger charge is 2.44. The highest BCUT2D eigenvalue weighted by molar-refractivity contribution is 7.03. The largest absolute Gasteiger partial charge is 0.0919 e. The van der Waals surface area contributed by atoms with Crippen molar-refractivity contribution in [1.29, 1.82) is 0 Å². The summed E-state index contributed by atoms with van der Waals surface area (Å²) in [7, 11) is 5.89. The van der Waals surface area contributed by atoms with Crippen LogP contribution in [0.2, 0.25) is 12.6 Å². The quantitative estimate of drug-likeness (QED) is 0.445. The van der Waals surface area contributed by atoms with E-state index in [4.69, 9.17) is 7.74 Å². The van der Waals surface area contributed by atoms with Crippen LogP contribution in [0.4, 0.5) is 0 Å². The second-order valence-corrected chi connectivity index (χ2v) is 4.94. The van der Waals surface area contributed by atoms with E-state index in [0.29, 0.717) is 17.4 Å². The Balaban J connectivity index is 2.78. The van der Waals surface area contributed by atoms with Gasteiger partial charge in [0.2, 0.25) is 0 Å². The zero-order valence-electron chi connectivity index (χ0n) is 7.57. The minimum atomic E-state index is 0.435. The fraction of sp³-hybridized carbons (Fsp3) is 1.00. The van der Waals surface area contributed by atoms with Gasteiger partial charge in [-0.05, 0) is 10.8 Å². The molecule has 0 N–H and O–H groups in total. The Morgan fingerprint density at radius 3 is 1.40 bits per heavy atom. The Hall–Kier alpha value is 0.130. The Kier molecular flexibility index (Phi) is 1.69. The van der Waals surface area contributed by atoms with Crippen molar-refractivity contribution in [3.05, 3.63) is 0 Å². The van der Waals surface area contributed by atoms with Crippen LogP contribution in [-0.4, -0.2) is 14.3 Å². The predicted octanol–water partition coefficient (Wildman–Crippen LogP) is 2.21. The van der Waals surface area contributed by atoms with Gasteiger partial charge in [0.1, 0.15) is 0 Å². The molecule has 0 aliphatic carbocycles. The van der Waals surface area contributed by atoms with Gasteiger partial charge in [-0.25, -0.2) is 0 Å². The summed E-state index contributed by atoms with van der Waals surface area (Å²) >= 11 is 0. The summed E-state index contributed by atoms with van der Waals surface area (Å²) in [5.74, 6) is 0. The molecule has 2 heteroatoms. The minimum absolute atomic E-state index is 0.435. The molecule has 0 aromatic carbocycles. The van der Waals surface area contributed by atoms with Crippen molar-refractivity contribution in [2.75, 3.05) is 0 Å². The first kappa shape index (κ1) is 8.23. The smallest absolute Gasteiger partial charge is 0.0763 e. The fourth-order valence-corrected chi connectivity index (χ4v) is 1.94. The lowest BCUT2D eigenvalue weighted by atomic mass is 9.31. The van der Waals surface area contributed by atoms with Gasteiger partial charge in [-0.2, -0.15) is 0 Å². The van der Waals surface area contributed by atoms with Crippen LogP contribution in [0.15, 0.2) is 0 Å². The van der Waals surface area contributed by atoms with Crippen molar-refractivity contribution in [2.45, 2.75) is 40.3 Å². The second kappa shape index (κ2) is 2.06. The second-order valence-electron chi connectivity index (χ2n) is 4.94. The summed E-state index contributed by atoms with van der Waals surface area (Å²) in [5, 5.41) is 0. The summed E-state index contributed by atoms with van der Waals surface area (Å²) in [4.78, 5) is 0. The molecule has 1 fully saturated rings. The Labute approximate surface area is 66.2 Å². The van der Waals surface area contributed by atoms with E-state index in [9.17, 15) is 0 Å². The molecule has 0 spiro atoms. The zero-order chi connectivity index (χ0) is 7.99. The van der Waals surface area contributed by atoms with E-state index in [1.54, 1.807) is 0 Å². The van der Waals surface area contributed by atoms with E-state index < -0.39 is 0 Å². The van der Waals surface area contributed by atoms with E-state index in [2.05, 4.69) is 27.7 Å². The molecule has 0 unspecified atom stereocenters. The molecule has 1 aliphatic heterocycles. The summed E-state index contributed by atoms with van der Waals surface area (Å²) in [6.07, 6.45) is 2.36. The molecule has 1 saturated heterocycles. The van der Waals surface area contributed by atoms with Gasteiger partial charge in [0.15, 0.2) is 0 Å². The maximum atomic E-state index is 5.89. The van der Waals surface area contributed by atoms with Crippen molar-refractivity contribution in [1.82, 2.24) is 0 Å². The van der Waals surface area contributed by atoms with Crippen molar-refractivity contribution >= 4 is 14.3 Å². The average molecular weight is 134 g/mol. The van der Waals surface area contributed by atoms with Crippen molar-refractivity contribution in [3.63, 3.8) is 0 Å². The van der Waals surface area contributed by atoms with Crippen LogP contribution in [0, 0.1) is 10.8 Å². The Morgan fingerprint density at radius 2 is 1.30 bits per heavy atom.